The van der Waals surface area contributed by atoms with Crippen LogP contribution < -0.4 is 20.3 Å². The van der Waals surface area contributed by atoms with Crippen LogP contribution in [-0.2, 0) is 4.74 Å². The molecule has 9 heteroatoms. The minimum Gasteiger partial charge on any atom is -0.482 e. The number of rotatable bonds is 7. The van der Waals surface area contributed by atoms with E-state index in [4.69, 9.17) is 9.47 Å². The van der Waals surface area contributed by atoms with Gasteiger partial charge in [0, 0.05) is 32.2 Å². The number of nitrogens with zero attached hydrogens (tertiary/aromatic N) is 1. The van der Waals surface area contributed by atoms with Crippen molar-refractivity contribution < 1.29 is 27.4 Å². The first-order valence-corrected chi connectivity index (χ1v) is 9.77. The highest BCUT2D eigenvalue weighted by molar-refractivity contribution is 5.67. The molecule has 0 unspecified atom stereocenters. The van der Waals surface area contributed by atoms with Crippen LogP contribution in [0.15, 0.2) is 24.3 Å². The summed E-state index contributed by atoms with van der Waals surface area (Å²) >= 11 is 0. The van der Waals surface area contributed by atoms with Gasteiger partial charge in [-0.1, -0.05) is 12.1 Å². The number of ether oxygens (including phenoxy) is 2. The van der Waals surface area contributed by atoms with Crippen LogP contribution in [0.5, 0.6) is 5.75 Å². The normalized spacial score (nSPS) is 15.9. The molecule has 0 saturated carbocycles. The van der Waals surface area contributed by atoms with Crippen molar-refractivity contribution in [3.63, 3.8) is 0 Å². The third kappa shape index (κ3) is 8.81. The summed E-state index contributed by atoms with van der Waals surface area (Å²) in [4.78, 5) is 13.7. The third-order valence-electron chi connectivity index (χ3n) is 4.32. The molecule has 1 aromatic rings. The molecule has 1 amide bonds. The lowest BCUT2D eigenvalue weighted by Gasteiger charge is -2.35. The average Bonchev–Trinajstić information content (AvgIpc) is 2.62. The van der Waals surface area contributed by atoms with Crippen molar-refractivity contribution in [2.24, 2.45) is 0 Å². The number of hydrogen-bond acceptors (Lipinski definition) is 5. The fourth-order valence-corrected chi connectivity index (χ4v) is 3.08. The summed E-state index contributed by atoms with van der Waals surface area (Å²) in [6.45, 7) is 6.64. The lowest BCUT2D eigenvalue weighted by molar-refractivity contribution is -0.153. The molecule has 1 aliphatic rings. The van der Waals surface area contributed by atoms with Gasteiger partial charge in [0.25, 0.3) is 0 Å². The van der Waals surface area contributed by atoms with Crippen molar-refractivity contribution in [2.45, 2.75) is 51.4 Å². The minimum absolute atomic E-state index is 0.248. The summed E-state index contributed by atoms with van der Waals surface area (Å²) in [6.07, 6.45) is -3.11. The molecule has 0 radical (unpaired) electrons. The largest absolute Gasteiger partial charge is 0.482 e. The van der Waals surface area contributed by atoms with Gasteiger partial charge < -0.3 is 25.0 Å². The highest BCUT2D eigenvalue weighted by atomic mass is 19.4. The molecule has 1 fully saturated rings. The number of carbonyl (C=O) groups excluding carboxylic acids is 1. The van der Waals surface area contributed by atoms with Crippen LogP contribution >= 0.6 is 0 Å². The Balaban J connectivity index is 1.73. The number of amides is 1. The first-order chi connectivity index (χ1) is 13.5. The van der Waals surface area contributed by atoms with Crippen LogP contribution in [0.25, 0.3) is 0 Å². The van der Waals surface area contributed by atoms with E-state index in [-0.39, 0.29) is 11.8 Å². The van der Waals surface area contributed by atoms with Gasteiger partial charge in [0.2, 0.25) is 0 Å². The van der Waals surface area contributed by atoms with Crippen LogP contribution in [0.3, 0.4) is 0 Å². The topological polar surface area (TPSA) is 62.8 Å². The Kier molecular flexibility index (Phi) is 8.01. The number of alkyl halides is 3. The quantitative estimate of drug-likeness (QED) is 0.663. The second-order valence-electron chi connectivity index (χ2n) is 8.02. The van der Waals surface area contributed by atoms with E-state index in [9.17, 15) is 18.0 Å². The van der Waals surface area contributed by atoms with Crippen molar-refractivity contribution in [1.82, 2.24) is 10.6 Å². The number of benzene rings is 1. The second-order valence-corrected chi connectivity index (χ2v) is 8.02. The van der Waals surface area contributed by atoms with Gasteiger partial charge in [-0.25, -0.2) is 4.79 Å². The van der Waals surface area contributed by atoms with Gasteiger partial charge in [-0.2, -0.15) is 13.2 Å². The Morgan fingerprint density at radius 3 is 2.41 bits per heavy atom. The molecule has 29 heavy (non-hydrogen) atoms. The maximum atomic E-state index is 12.5. The Morgan fingerprint density at radius 1 is 1.14 bits per heavy atom. The van der Waals surface area contributed by atoms with Crippen molar-refractivity contribution in [3.05, 3.63) is 24.3 Å². The van der Waals surface area contributed by atoms with Gasteiger partial charge in [0.05, 0.1) is 5.69 Å². The van der Waals surface area contributed by atoms with Crippen LogP contribution in [0, 0.1) is 0 Å². The van der Waals surface area contributed by atoms with E-state index < -0.39 is 24.5 Å². The number of piperidine rings is 1. The van der Waals surface area contributed by atoms with Crippen LogP contribution in [0.2, 0.25) is 0 Å². The van der Waals surface area contributed by atoms with Crippen LogP contribution in [0.1, 0.15) is 33.6 Å². The minimum atomic E-state index is -4.36. The van der Waals surface area contributed by atoms with E-state index in [1.54, 1.807) is 24.3 Å². The third-order valence-corrected chi connectivity index (χ3v) is 4.32. The maximum absolute atomic E-state index is 12.5. The van der Waals surface area contributed by atoms with Gasteiger partial charge in [0.15, 0.2) is 6.61 Å². The summed E-state index contributed by atoms with van der Waals surface area (Å²) in [5.41, 5.74) is 0.159. The summed E-state index contributed by atoms with van der Waals surface area (Å²) in [7, 11) is 0. The molecule has 164 valence electrons. The molecular formula is C20H30F3N3O3. The van der Waals surface area contributed by atoms with E-state index >= 15 is 0 Å². The number of para-hydroxylation sites is 2. The highest BCUT2D eigenvalue weighted by Crippen LogP contribution is 2.31. The molecule has 1 aromatic carbocycles. The highest BCUT2D eigenvalue weighted by Gasteiger charge is 2.29. The van der Waals surface area contributed by atoms with Gasteiger partial charge in [-0.3, -0.25) is 0 Å². The zero-order chi connectivity index (χ0) is 21.5. The van der Waals surface area contributed by atoms with Crippen molar-refractivity contribution >= 4 is 11.8 Å². The number of hydrogen-bond donors (Lipinski definition) is 2. The molecular weight excluding hydrogens is 387 g/mol. The first kappa shape index (κ1) is 23.1. The summed E-state index contributed by atoms with van der Waals surface area (Å²) in [5.74, 6) is 0.248. The molecule has 0 aromatic heterocycles. The molecule has 0 aliphatic carbocycles. The van der Waals surface area contributed by atoms with E-state index in [2.05, 4.69) is 10.6 Å². The van der Waals surface area contributed by atoms with E-state index in [1.165, 1.54) is 0 Å². The van der Waals surface area contributed by atoms with Crippen LogP contribution in [-0.4, -0.2) is 56.7 Å². The predicted octanol–water partition coefficient (Wildman–Crippen LogP) is 3.71. The van der Waals surface area contributed by atoms with Crippen LogP contribution in [0.4, 0.5) is 23.7 Å². The summed E-state index contributed by atoms with van der Waals surface area (Å²) < 4.78 is 47.6. The zero-order valence-corrected chi connectivity index (χ0v) is 17.1. The maximum Gasteiger partial charge on any atom is 0.422 e. The Morgan fingerprint density at radius 2 is 1.79 bits per heavy atom. The van der Waals surface area contributed by atoms with E-state index in [1.807, 2.05) is 25.7 Å². The van der Waals surface area contributed by atoms with Gasteiger partial charge in [-0.05, 0) is 45.7 Å². The molecule has 1 aliphatic heterocycles. The van der Waals surface area contributed by atoms with Gasteiger partial charge in [-0.15, -0.1) is 0 Å². The van der Waals surface area contributed by atoms with Crippen molar-refractivity contribution in [2.75, 3.05) is 37.7 Å². The van der Waals surface area contributed by atoms with Crippen molar-refractivity contribution in [3.8, 4) is 5.75 Å². The number of anilines is 1. The summed E-state index contributed by atoms with van der Waals surface area (Å²) in [5, 5.41) is 6.10. The number of alkyl carbamates (subject to hydrolysis) is 1. The first-order valence-electron chi connectivity index (χ1n) is 9.77. The lowest BCUT2D eigenvalue weighted by atomic mass is 10.0. The Hall–Kier alpha value is -2.16. The predicted molar refractivity (Wildman–Crippen MR) is 105 cm³/mol. The summed E-state index contributed by atoms with van der Waals surface area (Å²) in [6, 6.07) is 7.09. The number of halogens is 3. The molecule has 6 nitrogen and oxygen atoms in total. The molecule has 2 N–H and O–H groups in total. The molecule has 1 saturated heterocycles. The van der Waals surface area contributed by atoms with E-state index in [0.29, 0.717) is 31.9 Å². The second kappa shape index (κ2) is 10.0. The van der Waals surface area contributed by atoms with Gasteiger partial charge >= 0.3 is 12.3 Å². The molecule has 1 heterocycles. The fourth-order valence-electron chi connectivity index (χ4n) is 3.08. The fraction of sp³-hybridized carbons (Fsp3) is 0.650. The Bertz CT molecular complexity index is 654. The lowest BCUT2D eigenvalue weighted by Crippen LogP contribution is -2.45. The van der Waals surface area contributed by atoms with E-state index in [0.717, 1.165) is 12.8 Å². The zero-order valence-electron chi connectivity index (χ0n) is 17.1. The Labute approximate surface area is 169 Å². The standard InChI is InChI=1S/C20H30F3N3O3/c1-19(2,3)29-18(27)25-11-10-24-15-8-12-26(13-9-15)16-6-4-5-7-17(16)28-14-20(21,22)23/h4-7,15,24H,8-14H2,1-3H3,(H,25,27). The molecule has 0 atom stereocenters. The number of carbonyl (C=O) groups is 1. The SMILES string of the molecule is CC(C)(C)OC(=O)NCCNC1CCN(c2ccccc2OCC(F)(F)F)CC1. The average molecular weight is 417 g/mol. The molecule has 0 spiro atoms. The number of nitrogens with one attached hydrogen (secondary N) is 2. The van der Waals surface area contributed by atoms with Gasteiger partial charge in [0.1, 0.15) is 11.4 Å². The monoisotopic (exact) mass is 417 g/mol. The molecule has 2 rings (SSSR count). The molecule has 0 bridgehead atoms. The van der Waals surface area contributed by atoms with Crippen molar-refractivity contribution in [1.29, 1.82) is 0 Å². The smallest absolute Gasteiger partial charge is 0.422 e.